The van der Waals surface area contributed by atoms with Gasteiger partial charge in [0.2, 0.25) is 0 Å². The first-order valence-corrected chi connectivity index (χ1v) is 9.62. The van der Waals surface area contributed by atoms with Crippen LogP contribution in [0.1, 0.15) is 31.2 Å². The lowest BCUT2D eigenvalue weighted by Gasteiger charge is -2.48. The monoisotopic (exact) mass is 333 g/mol. The van der Waals surface area contributed by atoms with Crippen molar-refractivity contribution in [3.8, 4) is 0 Å². The number of fused-ring (bicyclic) bond motifs is 1. The molecule has 3 fully saturated rings. The zero-order valence-corrected chi connectivity index (χ0v) is 14.6. The molecule has 4 heteroatoms. The molecule has 0 radical (unpaired) electrons. The highest BCUT2D eigenvalue weighted by Crippen LogP contribution is 2.29. The van der Waals surface area contributed by atoms with Gasteiger partial charge in [-0.3, -0.25) is 9.80 Å². The second-order valence-corrected chi connectivity index (χ2v) is 7.89. The van der Waals surface area contributed by atoms with Crippen LogP contribution in [0.25, 0.3) is 0 Å². The molecule has 0 amide bonds. The maximum atomic E-state index is 6.05. The van der Waals surface area contributed by atoms with Crippen LogP contribution in [0.2, 0.25) is 5.02 Å². The summed E-state index contributed by atoms with van der Waals surface area (Å²) in [4.78, 5) is 5.61. The Hall–Kier alpha value is -0.610. The summed E-state index contributed by atoms with van der Waals surface area (Å²) in [6, 6.07) is 10.7. The van der Waals surface area contributed by atoms with Gasteiger partial charge in [0.05, 0.1) is 0 Å². The molecule has 1 aromatic carbocycles. The molecule has 0 aromatic heterocycles. The van der Waals surface area contributed by atoms with E-state index in [1.54, 1.807) is 0 Å². The Labute approximate surface area is 145 Å². The average Bonchev–Trinajstić information content (AvgIpc) is 3.04. The van der Waals surface area contributed by atoms with Crippen LogP contribution in [0.5, 0.6) is 0 Å². The topological polar surface area (TPSA) is 18.5 Å². The highest BCUT2D eigenvalue weighted by molar-refractivity contribution is 6.30. The van der Waals surface area contributed by atoms with Gasteiger partial charge in [-0.2, -0.15) is 0 Å². The first-order chi connectivity index (χ1) is 11.3. The van der Waals surface area contributed by atoms with Gasteiger partial charge in [0, 0.05) is 36.2 Å². The summed E-state index contributed by atoms with van der Waals surface area (Å²) in [6.07, 6.45) is 6.56. The molecule has 3 heterocycles. The summed E-state index contributed by atoms with van der Waals surface area (Å²) in [6.45, 7) is 6.20. The molecule has 4 rings (SSSR count). The van der Waals surface area contributed by atoms with E-state index >= 15 is 0 Å². The summed E-state index contributed by atoms with van der Waals surface area (Å²) in [5, 5.41) is 4.36. The van der Waals surface area contributed by atoms with Crippen molar-refractivity contribution in [3.05, 3.63) is 34.9 Å². The Morgan fingerprint density at radius 2 is 1.78 bits per heavy atom. The second kappa shape index (κ2) is 7.10. The van der Waals surface area contributed by atoms with Crippen molar-refractivity contribution in [2.75, 3.05) is 32.7 Å². The van der Waals surface area contributed by atoms with Crippen LogP contribution in [0.15, 0.2) is 24.3 Å². The molecule has 2 atom stereocenters. The van der Waals surface area contributed by atoms with Gasteiger partial charge in [-0.15, -0.1) is 0 Å². The molecular formula is C19H28ClN3. The molecule has 1 N–H and O–H groups in total. The molecule has 3 nitrogen and oxygen atoms in total. The molecule has 1 aromatic rings. The minimum Gasteiger partial charge on any atom is -0.317 e. The van der Waals surface area contributed by atoms with Gasteiger partial charge < -0.3 is 5.32 Å². The standard InChI is InChI=1S/C19H28ClN3/c20-16-5-3-15(4-6-16)12-19-13-22-11-1-2-18(22)14-23(19)17-7-9-21-10-8-17/h3-6,17-19,21H,1-2,7-14H2. The van der Waals surface area contributed by atoms with Crippen LogP contribution in [0.3, 0.4) is 0 Å². The van der Waals surface area contributed by atoms with E-state index in [0.29, 0.717) is 6.04 Å². The predicted molar refractivity (Wildman–Crippen MR) is 96.1 cm³/mol. The largest absolute Gasteiger partial charge is 0.317 e. The smallest absolute Gasteiger partial charge is 0.0406 e. The number of nitrogens with one attached hydrogen (secondary N) is 1. The quantitative estimate of drug-likeness (QED) is 0.917. The van der Waals surface area contributed by atoms with Gasteiger partial charge in [0.1, 0.15) is 0 Å². The summed E-state index contributed by atoms with van der Waals surface area (Å²) in [5.41, 5.74) is 1.43. The molecule has 0 saturated carbocycles. The number of hydrogen-bond acceptors (Lipinski definition) is 3. The van der Waals surface area contributed by atoms with Gasteiger partial charge in [-0.25, -0.2) is 0 Å². The Morgan fingerprint density at radius 1 is 1.00 bits per heavy atom. The van der Waals surface area contributed by atoms with Gasteiger partial charge in [-0.05, 0) is 69.4 Å². The van der Waals surface area contributed by atoms with Crippen LogP contribution in [0, 0.1) is 0 Å². The summed E-state index contributed by atoms with van der Waals surface area (Å²) in [7, 11) is 0. The maximum Gasteiger partial charge on any atom is 0.0406 e. The van der Waals surface area contributed by atoms with Crippen LogP contribution >= 0.6 is 11.6 Å². The maximum absolute atomic E-state index is 6.05. The van der Waals surface area contributed by atoms with Crippen molar-refractivity contribution < 1.29 is 0 Å². The van der Waals surface area contributed by atoms with Crippen molar-refractivity contribution in [2.45, 2.75) is 50.2 Å². The third-order valence-electron chi connectivity index (χ3n) is 6.00. The molecule has 3 saturated heterocycles. The molecule has 3 aliphatic heterocycles. The fourth-order valence-electron chi connectivity index (χ4n) is 4.77. The van der Waals surface area contributed by atoms with Crippen LogP contribution in [-0.4, -0.2) is 60.6 Å². The number of piperazine rings is 1. The second-order valence-electron chi connectivity index (χ2n) is 7.45. The van der Waals surface area contributed by atoms with Crippen molar-refractivity contribution in [2.24, 2.45) is 0 Å². The third-order valence-corrected chi connectivity index (χ3v) is 6.25. The number of rotatable bonds is 3. The molecule has 2 unspecified atom stereocenters. The molecule has 0 bridgehead atoms. The normalized spacial score (nSPS) is 30.5. The molecule has 0 aliphatic carbocycles. The molecule has 23 heavy (non-hydrogen) atoms. The van der Waals surface area contributed by atoms with Gasteiger partial charge >= 0.3 is 0 Å². The van der Waals surface area contributed by atoms with E-state index < -0.39 is 0 Å². The molecular weight excluding hydrogens is 306 g/mol. The van der Waals surface area contributed by atoms with E-state index in [4.69, 9.17) is 11.6 Å². The Morgan fingerprint density at radius 3 is 2.57 bits per heavy atom. The number of benzene rings is 1. The first-order valence-electron chi connectivity index (χ1n) is 9.24. The van der Waals surface area contributed by atoms with E-state index in [1.807, 2.05) is 12.1 Å². The van der Waals surface area contributed by atoms with E-state index in [0.717, 1.165) is 23.5 Å². The lowest BCUT2D eigenvalue weighted by atomic mass is 9.94. The van der Waals surface area contributed by atoms with Crippen LogP contribution in [-0.2, 0) is 6.42 Å². The van der Waals surface area contributed by atoms with E-state index in [1.165, 1.54) is 64.0 Å². The third kappa shape index (κ3) is 3.58. The zero-order valence-electron chi connectivity index (χ0n) is 13.9. The van der Waals surface area contributed by atoms with E-state index in [9.17, 15) is 0 Å². The number of hydrogen-bond donors (Lipinski definition) is 1. The Kier molecular flexibility index (Phi) is 4.91. The SMILES string of the molecule is Clc1ccc(CC2CN3CCCC3CN2C2CCNCC2)cc1. The summed E-state index contributed by atoms with van der Waals surface area (Å²) >= 11 is 6.05. The fraction of sp³-hybridized carbons (Fsp3) is 0.684. The minimum atomic E-state index is 0.661. The van der Waals surface area contributed by atoms with Gasteiger partial charge in [0.25, 0.3) is 0 Å². The first kappa shape index (κ1) is 15.9. The molecule has 0 spiro atoms. The highest BCUT2D eigenvalue weighted by atomic mass is 35.5. The van der Waals surface area contributed by atoms with Crippen LogP contribution < -0.4 is 5.32 Å². The number of nitrogens with zero attached hydrogens (tertiary/aromatic N) is 2. The van der Waals surface area contributed by atoms with Crippen molar-refractivity contribution in [1.82, 2.24) is 15.1 Å². The zero-order chi connectivity index (χ0) is 15.6. The Balaban J connectivity index is 1.51. The predicted octanol–water partition coefficient (Wildman–Crippen LogP) is 2.78. The Bertz CT molecular complexity index is 512. The number of piperidine rings is 1. The highest BCUT2D eigenvalue weighted by Gasteiger charge is 2.39. The number of halogens is 1. The molecule has 126 valence electrons. The molecule has 3 aliphatic rings. The van der Waals surface area contributed by atoms with Crippen molar-refractivity contribution in [3.63, 3.8) is 0 Å². The van der Waals surface area contributed by atoms with E-state index in [2.05, 4.69) is 27.2 Å². The van der Waals surface area contributed by atoms with Crippen LogP contribution in [0.4, 0.5) is 0 Å². The summed E-state index contributed by atoms with van der Waals surface area (Å²) in [5.74, 6) is 0. The lowest BCUT2D eigenvalue weighted by molar-refractivity contribution is 0.0109. The average molecular weight is 334 g/mol. The van der Waals surface area contributed by atoms with Crippen molar-refractivity contribution >= 4 is 11.6 Å². The lowest BCUT2D eigenvalue weighted by Crippen LogP contribution is -2.61. The van der Waals surface area contributed by atoms with E-state index in [-0.39, 0.29) is 0 Å². The van der Waals surface area contributed by atoms with Crippen molar-refractivity contribution in [1.29, 1.82) is 0 Å². The summed E-state index contributed by atoms with van der Waals surface area (Å²) < 4.78 is 0. The fourth-order valence-corrected chi connectivity index (χ4v) is 4.90. The van der Waals surface area contributed by atoms with Gasteiger partial charge in [0.15, 0.2) is 0 Å². The van der Waals surface area contributed by atoms with Gasteiger partial charge in [-0.1, -0.05) is 23.7 Å². The minimum absolute atomic E-state index is 0.661.